The third-order valence-corrected chi connectivity index (χ3v) is 1.61. The van der Waals surface area contributed by atoms with Crippen molar-refractivity contribution in [3.05, 3.63) is 0 Å². The van der Waals surface area contributed by atoms with E-state index in [4.69, 9.17) is 0 Å². The minimum Gasteiger partial charge on any atom is -0.248 e. The topological polar surface area (TPSA) is 26.3 Å². The Morgan fingerprint density at radius 2 is 1.41 bits per heavy atom. The van der Waals surface area contributed by atoms with Crippen molar-refractivity contribution >= 4 is 5.97 Å². The lowest BCUT2D eigenvalue weighted by molar-refractivity contribution is -0.275. The van der Waals surface area contributed by atoms with Crippen LogP contribution >= 0.6 is 0 Å². The molecule has 0 aromatic rings. The van der Waals surface area contributed by atoms with E-state index in [1.54, 1.807) is 4.94 Å². The summed E-state index contributed by atoms with van der Waals surface area (Å²) >= 11 is 0. The average Bonchev–Trinajstić information content (AvgIpc) is 2.24. The second-order valence-electron chi connectivity index (χ2n) is 2.74. The molecule has 0 bridgehead atoms. The highest BCUT2D eigenvalue weighted by Gasteiger charge is 2.70. The lowest BCUT2D eigenvalue weighted by Crippen LogP contribution is -2.56. The van der Waals surface area contributed by atoms with E-state index in [1.807, 2.05) is 0 Å². The van der Waals surface area contributed by atoms with Crippen molar-refractivity contribution < 1.29 is 49.4 Å². The van der Waals surface area contributed by atoms with E-state index in [0.717, 1.165) is 0 Å². The number of rotatable bonds is 5. The van der Waals surface area contributed by atoms with Crippen LogP contribution in [0.4, 0.5) is 39.6 Å². The fraction of sp³-hybridized carbons (Fsp3) is 0.833. The van der Waals surface area contributed by atoms with Crippen LogP contribution in [0.5, 0.6) is 0 Å². The molecule has 0 aliphatic rings. The first-order valence-electron chi connectivity index (χ1n) is 3.65. The molecule has 0 fully saturated rings. The van der Waals surface area contributed by atoms with E-state index < -0.39 is 36.6 Å². The summed E-state index contributed by atoms with van der Waals surface area (Å²) < 4.78 is 108. The van der Waals surface area contributed by atoms with Crippen LogP contribution in [-0.2, 0) is 9.74 Å². The Balaban J connectivity index is 5.18. The Bertz CT molecular complexity index is 279. The molecule has 2 atom stereocenters. The first-order chi connectivity index (χ1) is 7.50. The summed E-state index contributed by atoms with van der Waals surface area (Å²) in [6, 6.07) is 0. The lowest BCUT2D eigenvalue weighted by Gasteiger charge is -2.27. The molecule has 0 saturated heterocycles. The predicted octanol–water partition coefficient (Wildman–Crippen LogP) is 2.63. The Kier molecular flexibility index (Phi) is 4.66. The summed E-state index contributed by atoms with van der Waals surface area (Å²) in [5.41, 5.74) is 0. The van der Waals surface area contributed by atoms with E-state index in [-0.39, 0.29) is 0 Å². The molecule has 11 heteroatoms. The molecule has 0 spiro atoms. The van der Waals surface area contributed by atoms with E-state index >= 15 is 0 Å². The Labute approximate surface area is 87.2 Å². The Morgan fingerprint density at radius 3 is 1.71 bits per heavy atom. The van der Waals surface area contributed by atoms with Crippen LogP contribution in [0.25, 0.3) is 0 Å². The SMILES string of the molecule is O=C(OF)C(F)(F)C(F)(F)C(F)C(F)C(F)F. The number of carbonyl (C=O) groups excluding carboxylic acids is 1. The molecular weight excluding hydrogens is 275 g/mol. The lowest BCUT2D eigenvalue weighted by atomic mass is 10.0. The average molecular weight is 278 g/mol. The summed E-state index contributed by atoms with van der Waals surface area (Å²) in [6.45, 7) is 0. The van der Waals surface area contributed by atoms with Gasteiger partial charge >= 0.3 is 17.8 Å². The van der Waals surface area contributed by atoms with Gasteiger partial charge in [-0.15, -0.1) is 0 Å². The highest BCUT2D eigenvalue weighted by atomic mass is 19.3. The molecule has 2 unspecified atom stereocenters. The quantitative estimate of drug-likeness (QED) is 0.723. The van der Waals surface area contributed by atoms with E-state index in [0.29, 0.717) is 0 Å². The zero-order valence-corrected chi connectivity index (χ0v) is 7.45. The van der Waals surface area contributed by atoms with Gasteiger partial charge in [-0.3, -0.25) is 0 Å². The number of hydrogen-bond donors (Lipinski definition) is 0. The monoisotopic (exact) mass is 278 g/mol. The predicted molar refractivity (Wildman–Crippen MR) is 32.9 cm³/mol. The number of hydrogen-bond acceptors (Lipinski definition) is 2. The summed E-state index contributed by atoms with van der Waals surface area (Å²) in [4.78, 5) is 11.6. The van der Waals surface area contributed by atoms with Gasteiger partial charge in [0.25, 0.3) is 6.43 Å². The molecule has 0 heterocycles. The van der Waals surface area contributed by atoms with E-state index in [9.17, 15) is 44.4 Å². The molecule has 2 nitrogen and oxygen atoms in total. The van der Waals surface area contributed by atoms with Gasteiger partial charge in [0.15, 0.2) is 6.17 Å². The van der Waals surface area contributed by atoms with E-state index in [2.05, 4.69) is 0 Å². The van der Waals surface area contributed by atoms with Gasteiger partial charge in [0.2, 0.25) is 6.17 Å². The number of carbonyl (C=O) groups is 1. The molecule has 0 aliphatic carbocycles. The van der Waals surface area contributed by atoms with Crippen molar-refractivity contribution in [2.24, 2.45) is 0 Å². The van der Waals surface area contributed by atoms with Crippen molar-refractivity contribution in [3.8, 4) is 0 Å². The van der Waals surface area contributed by atoms with Crippen LogP contribution in [0.1, 0.15) is 0 Å². The zero-order chi connectivity index (χ0) is 14.0. The third kappa shape index (κ3) is 2.75. The fourth-order valence-electron chi connectivity index (χ4n) is 0.685. The molecule has 0 N–H and O–H groups in total. The molecule has 0 aliphatic heterocycles. The van der Waals surface area contributed by atoms with Gasteiger partial charge in [0.05, 0.1) is 0 Å². The van der Waals surface area contributed by atoms with Gasteiger partial charge in [0, 0.05) is 4.53 Å². The maximum absolute atomic E-state index is 12.5. The van der Waals surface area contributed by atoms with Crippen LogP contribution < -0.4 is 0 Å². The van der Waals surface area contributed by atoms with Gasteiger partial charge in [-0.25, -0.2) is 27.3 Å². The summed E-state index contributed by atoms with van der Waals surface area (Å²) in [5, 5.41) is 0. The van der Waals surface area contributed by atoms with Crippen LogP contribution in [0, 0.1) is 0 Å². The minimum absolute atomic E-state index is 1.75. The maximum atomic E-state index is 12.5. The molecule has 0 amide bonds. The van der Waals surface area contributed by atoms with E-state index in [1.165, 1.54) is 0 Å². The van der Waals surface area contributed by atoms with Crippen molar-refractivity contribution in [2.75, 3.05) is 0 Å². The molecule has 17 heavy (non-hydrogen) atoms. The van der Waals surface area contributed by atoms with Gasteiger partial charge in [0.1, 0.15) is 0 Å². The summed E-state index contributed by atoms with van der Waals surface area (Å²) in [5.74, 6) is -15.8. The minimum atomic E-state index is -6.19. The van der Waals surface area contributed by atoms with Crippen LogP contribution in [0.15, 0.2) is 0 Å². The summed E-state index contributed by atoms with van der Waals surface area (Å²) in [6.07, 6.45) is -13.3. The zero-order valence-electron chi connectivity index (χ0n) is 7.45. The molecule has 0 aromatic heterocycles. The van der Waals surface area contributed by atoms with Crippen LogP contribution in [-0.4, -0.2) is 36.6 Å². The number of alkyl halides is 8. The molecule has 0 radical (unpaired) electrons. The van der Waals surface area contributed by atoms with Crippen LogP contribution in [0.3, 0.4) is 0 Å². The highest BCUT2D eigenvalue weighted by molar-refractivity contribution is 5.78. The number of halogens is 9. The molecule has 0 rings (SSSR count). The normalized spacial score (nSPS) is 16.8. The molecule has 0 saturated carbocycles. The first-order valence-corrected chi connectivity index (χ1v) is 3.65. The second-order valence-corrected chi connectivity index (χ2v) is 2.74. The molecule has 102 valence electrons. The van der Waals surface area contributed by atoms with Crippen LogP contribution in [0.2, 0.25) is 0 Å². The van der Waals surface area contributed by atoms with Gasteiger partial charge in [-0.05, 0) is 0 Å². The maximum Gasteiger partial charge on any atom is 0.424 e. The van der Waals surface area contributed by atoms with Crippen molar-refractivity contribution in [1.82, 2.24) is 0 Å². The van der Waals surface area contributed by atoms with Gasteiger partial charge in [-0.1, -0.05) is 0 Å². The largest absolute Gasteiger partial charge is 0.424 e. The van der Waals surface area contributed by atoms with Gasteiger partial charge < -0.3 is 0 Å². The smallest absolute Gasteiger partial charge is 0.248 e. The van der Waals surface area contributed by atoms with Gasteiger partial charge in [-0.2, -0.15) is 17.6 Å². The highest BCUT2D eigenvalue weighted by Crippen LogP contribution is 2.42. The molecule has 0 aromatic carbocycles. The standard InChI is InChI=1S/C6H3F9O2/c7-1(3(9)10)2(8)5(11,12)6(13,14)4(16)17-15/h1-3H. The van der Waals surface area contributed by atoms with Crippen molar-refractivity contribution in [1.29, 1.82) is 0 Å². The van der Waals surface area contributed by atoms with Crippen molar-refractivity contribution in [2.45, 2.75) is 30.6 Å². The Hall–Kier alpha value is -1.16. The van der Waals surface area contributed by atoms with Crippen molar-refractivity contribution in [3.63, 3.8) is 0 Å². The Morgan fingerprint density at radius 1 is 1.00 bits per heavy atom. The second kappa shape index (κ2) is 5.00. The summed E-state index contributed by atoms with van der Waals surface area (Å²) in [7, 11) is 0. The first kappa shape index (κ1) is 15.8. The molecular formula is C6H3F9O2. The third-order valence-electron chi connectivity index (χ3n) is 1.61. The fourth-order valence-corrected chi connectivity index (χ4v) is 0.685.